The van der Waals surface area contributed by atoms with Crippen LogP contribution in [0, 0.1) is 0 Å². The number of aryl methyl sites for hydroxylation is 2. The second-order valence-electron chi connectivity index (χ2n) is 8.27. The SMILES string of the molecule is CCN(CC(=O)Nc1ccc2c(c1)OCCO2)Cc1cc(=O)oc2cc3c(cc12)CCC3. The lowest BCUT2D eigenvalue weighted by Crippen LogP contribution is -2.33. The zero-order valence-corrected chi connectivity index (χ0v) is 18.1. The van der Waals surface area contributed by atoms with Gasteiger partial charge < -0.3 is 19.2 Å². The fourth-order valence-electron chi connectivity index (χ4n) is 4.47. The van der Waals surface area contributed by atoms with Crippen LogP contribution < -0.4 is 20.4 Å². The molecule has 1 aliphatic heterocycles. The number of carbonyl (C=O) groups excluding carboxylic acids is 1. The van der Waals surface area contributed by atoms with Crippen molar-refractivity contribution in [1.29, 1.82) is 0 Å². The summed E-state index contributed by atoms with van der Waals surface area (Å²) < 4.78 is 16.6. The van der Waals surface area contributed by atoms with E-state index in [1.54, 1.807) is 24.3 Å². The molecule has 0 saturated heterocycles. The number of rotatable bonds is 6. The molecule has 2 aliphatic rings. The molecule has 1 amide bonds. The van der Waals surface area contributed by atoms with Gasteiger partial charge in [0.05, 0.1) is 6.54 Å². The first-order valence-corrected chi connectivity index (χ1v) is 11.1. The van der Waals surface area contributed by atoms with Crippen molar-refractivity contribution < 1.29 is 18.7 Å². The lowest BCUT2D eigenvalue weighted by Gasteiger charge is -2.21. The zero-order valence-electron chi connectivity index (χ0n) is 18.1. The van der Waals surface area contributed by atoms with E-state index in [0.717, 1.165) is 30.2 Å². The van der Waals surface area contributed by atoms with Gasteiger partial charge in [-0.15, -0.1) is 0 Å². The molecule has 2 heterocycles. The van der Waals surface area contributed by atoms with Gasteiger partial charge in [0.25, 0.3) is 0 Å². The Kier molecular flexibility index (Phi) is 5.57. The average Bonchev–Trinajstić information content (AvgIpc) is 3.24. The van der Waals surface area contributed by atoms with E-state index in [-0.39, 0.29) is 18.1 Å². The topological polar surface area (TPSA) is 81.0 Å². The molecule has 1 aliphatic carbocycles. The minimum absolute atomic E-state index is 0.128. The van der Waals surface area contributed by atoms with Gasteiger partial charge in [-0.1, -0.05) is 6.92 Å². The van der Waals surface area contributed by atoms with Crippen LogP contribution in [0.25, 0.3) is 11.0 Å². The Balaban J connectivity index is 1.32. The smallest absolute Gasteiger partial charge is 0.336 e. The maximum atomic E-state index is 12.7. The lowest BCUT2D eigenvalue weighted by atomic mass is 10.0. The van der Waals surface area contributed by atoms with Crippen LogP contribution in [-0.4, -0.2) is 37.1 Å². The predicted molar refractivity (Wildman–Crippen MR) is 122 cm³/mol. The van der Waals surface area contributed by atoms with Crippen LogP contribution >= 0.6 is 0 Å². The van der Waals surface area contributed by atoms with Crippen molar-refractivity contribution in [3.8, 4) is 11.5 Å². The summed E-state index contributed by atoms with van der Waals surface area (Å²) in [6.45, 7) is 4.39. The van der Waals surface area contributed by atoms with E-state index in [0.29, 0.717) is 49.1 Å². The molecule has 32 heavy (non-hydrogen) atoms. The molecule has 0 saturated carbocycles. The number of fused-ring (bicyclic) bond motifs is 3. The van der Waals surface area contributed by atoms with Gasteiger partial charge in [-0.05, 0) is 66.8 Å². The molecule has 7 nitrogen and oxygen atoms in total. The molecule has 3 aromatic rings. The number of benzene rings is 2. The maximum absolute atomic E-state index is 12.7. The van der Waals surface area contributed by atoms with Crippen molar-refractivity contribution in [2.24, 2.45) is 0 Å². The van der Waals surface area contributed by atoms with Crippen molar-refractivity contribution in [2.75, 3.05) is 31.6 Å². The first-order valence-electron chi connectivity index (χ1n) is 11.1. The molecule has 0 spiro atoms. The molecule has 5 rings (SSSR count). The largest absolute Gasteiger partial charge is 0.486 e. The Morgan fingerprint density at radius 2 is 1.81 bits per heavy atom. The Morgan fingerprint density at radius 3 is 2.62 bits per heavy atom. The van der Waals surface area contributed by atoms with E-state index in [1.165, 1.54) is 11.1 Å². The van der Waals surface area contributed by atoms with Crippen molar-refractivity contribution >= 4 is 22.6 Å². The number of nitrogens with zero attached hydrogens (tertiary/aromatic N) is 1. The number of hydrogen-bond acceptors (Lipinski definition) is 6. The van der Waals surface area contributed by atoms with Gasteiger partial charge in [-0.3, -0.25) is 9.69 Å². The Bertz CT molecular complexity index is 1230. The van der Waals surface area contributed by atoms with E-state index in [4.69, 9.17) is 13.9 Å². The average molecular weight is 434 g/mol. The van der Waals surface area contributed by atoms with Gasteiger partial charge in [-0.25, -0.2) is 4.79 Å². The fraction of sp³-hybridized carbons (Fsp3) is 0.360. The van der Waals surface area contributed by atoms with Crippen LogP contribution in [0.3, 0.4) is 0 Å². The highest BCUT2D eigenvalue weighted by Crippen LogP contribution is 2.32. The molecular weight excluding hydrogens is 408 g/mol. The molecular formula is C25H26N2O5. The van der Waals surface area contributed by atoms with Gasteiger partial charge in [0.2, 0.25) is 5.91 Å². The lowest BCUT2D eigenvalue weighted by molar-refractivity contribution is -0.117. The Morgan fingerprint density at radius 1 is 1.03 bits per heavy atom. The molecule has 0 bridgehead atoms. The number of anilines is 1. The molecule has 1 N–H and O–H groups in total. The third-order valence-electron chi connectivity index (χ3n) is 6.08. The zero-order chi connectivity index (χ0) is 22.1. The standard InChI is InChI=1S/C25H26N2O5/c1-2-27(15-24(28)26-19-6-7-21-23(13-19)31-9-8-30-21)14-18-12-25(29)32-22-11-17-5-3-4-16(17)10-20(18)22/h6-7,10-13H,2-5,8-9,14-15H2,1H3,(H,26,28). The van der Waals surface area contributed by atoms with Crippen molar-refractivity contribution in [2.45, 2.75) is 32.7 Å². The molecule has 7 heteroatoms. The first-order chi connectivity index (χ1) is 15.6. The highest BCUT2D eigenvalue weighted by Gasteiger charge is 2.18. The van der Waals surface area contributed by atoms with Crippen LogP contribution in [0.4, 0.5) is 5.69 Å². The highest BCUT2D eigenvalue weighted by molar-refractivity contribution is 5.92. The molecule has 0 atom stereocenters. The van der Waals surface area contributed by atoms with Crippen molar-refractivity contribution in [3.63, 3.8) is 0 Å². The van der Waals surface area contributed by atoms with Gasteiger partial charge in [0.1, 0.15) is 18.8 Å². The molecule has 2 aromatic carbocycles. The monoisotopic (exact) mass is 434 g/mol. The third kappa shape index (κ3) is 4.21. The summed E-state index contributed by atoms with van der Waals surface area (Å²) in [6, 6.07) is 11.1. The molecule has 166 valence electrons. The number of likely N-dealkylation sites (N-methyl/N-ethyl adjacent to an activating group) is 1. The first kappa shape index (κ1) is 20.6. The number of nitrogens with one attached hydrogen (secondary N) is 1. The fourth-order valence-corrected chi connectivity index (χ4v) is 4.47. The number of carbonyl (C=O) groups is 1. The van der Waals surface area contributed by atoms with Crippen LogP contribution in [0.15, 0.2) is 45.6 Å². The number of amides is 1. The third-order valence-corrected chi connectivity index (χ3v) is 6.08. The summed E-state index contributed by atoms with van der Waals surface area (Å²) in [5.74, 6) is 1.19. The highest BCUT2D eigenvalue weighted by atomic mass is 16.6. The van der Waals surface area contributed by atoms with Crippen LogP contribution in [0.5, 0.6) is 11.5 Å². The molecule has 0 unspecified atom stereocenters. The minimum atomic E-state index is -0.359. The van der Waals surface area contributed by atoms with Gasteiger partial charge in [-0.2, -0.15) is 0 Å². The summed E-state index contributed by atoms with van der Waals surface area (Å²) in [4.78, 5) is 26.9. The summed E-state index contributed by atoms with van der Waals surface area (Å²) >= 11 is 0. The van der Waals surface area contributed by atoms with Crippen LogP contribution in [0.1, 0.15) is 30.0 Å². The normalized spacial score (nSPS) is 14.6. The van der Waals surface area contributed by atoms with E-state index < -0.39 is 0 Å². The second-order valence-corrected chi connectivity index (χ2v) is 8.27. The summed E-state index contributed by atoms with van der Waals surface area (Å²) in [5.41, 5.74) is 4.42. The van der Waals surface area contributed by atoms with Crippen LogP contribution in [-0.2, 0) is 24.2 Å². The summed E-state index contributed by atoms with van der Waals surface area (Å²) in [6.07, 6.45) is 3.21. The Labute approximate surface area is 185 Å². The van der Waals surface area contributed by atoms with Gasteiger partial charge >= 0.3 is 5.63 Å². The number of ether oxygens (including phenoxy) is 2. The van der Waals surface area contributed by atoms with Gasteiger partial charge in [0, 0.05) is 29.8 Å². The Hall–Kier alpha value is -3.32. The van der Waals surface area contributed by atoms with E-state index in [2.05, 4.69) is 11.4 Å². The van der Waals surface area contributed by atoms with E-state index in [9.17, 15) is 9.59 Å². The van der Waals surface area contributed by atoms with Gasteiger partial charge in [0.15, 0.2) is 11.5 Å². The van der Waals surface area contributed by atoms with E-state index in [1.807, 2.05) is 17.9 Å². The van der Waals surface area contributed by atoms with Crippen molar-refractivity contribution in [1.82, 2.24) is 4.90 Å². The molecule has 0 fully saturated rings. The minimum Gasteiger partial charge on any atom is -0.486 e. The predicted octanol–water partition coefficient (Wildman–Crippen LogP) is 3.51. The van der Waals surface area contributed by atoms with Crippen LogP contribution in [0.2, 0.25) is 0 Å². The quantitative estimate of drug-likeness (QED) is 0.598. The number of hydrogen-bond donors (Lipinski definition) is 1. The van der Waals surface area contributed by atoms with Crippen molar-refractivity contribution in [3.05, 3.63) is 63.5 Å². The van der Waals surface area contributed by atoms with E-state index >= 15 is 0 Å². The second kappa shape index (κ2) is 8.67. The summed E-state index contributed by atoms with van der Waals surface area (Å²) in [5, 5.41) is 3.88. The molecule has 1 aromatic heterocycles. The maximum Gasteiger partial charge on any atom is 0.336 e. The summed E-state index contributed by atoms with van der Waals surface area (Å²) in [7, 11) is 0. The molecule has 0 radical (unpaired) electrons.